The van der Waals surface area contributed by atoms with E-state index in [4.69, 9.17) is 10.2 Å². The first-order valence-corrected chi connectivity index (χ1v) is 12.6. The van der Waals surface area contributed by atoms with Crippen molar-refractivity contribution in [1.29, 1.82) is 0 Å². The first kappa shape index (κ1) is 23.3. The molecule has 0 saturated carbocycles. The van der Waals surface area contributed by atoms with Gasteiger partial charge in [0.15, 0.2) is 0 Å². The highest BCUT2D eigenvalue weighted by atomic mass is 32.1. The van der Waals surface area contributed by atoms with Gasteiger partial charge in [0.1, 0.15) is 10.7 Å². The second-order valence-electron chi connectivity index (χ2n) is 9.36. The maximum absolute atomic E-state index is 13.5. The van der Waals surface area contributed by atoms with E-state index < -0.39 is 5.54 Å². The number of thiazole rings is 1. The molecular weight excluding hydrogens is 460 g/mol. The van der Waals surface area contributed by atoms with Crippen molar-refractivity contribution in [2.45, 2.75) is 51.6 Å². The van der Waals surface area contributed by atoms with E-state index in [2.05, 4.69) is 20.2 Å². The zero-order chi connectivity index (χ0) is 24.6. The maximum atomic E-state index is 13.5. The molecular formula is C26H28N6O2S. The summed E-state index contributed by atoms with van der Waals surface area (Å²) in [4.78, 5) is 24.6. The number of nitrogens with two attached hydrogens (primary N) is 1. The smallest absolute Gasteiger partial charge is 0.266 e. The van der Waals surface area contributed by atoms with Crippen molar-refractivity contribution < 1.29 is 9.21 Å². The first-order chi connectivity index (χ1) is 16.8. The molecule has 4 aromatic rings. The van der Waals surface area contributed by atoms with Gasteiger partial charge in [0.2, 0.25) is 5.89 Å². The van der Waals surface area contributed by atoms with Gasteiger partial charge in [-0.3, -0.25) is 4.79 Å². The van der Waals surface area contributed by atoms with E-state index in [9.17, 15) is 4.79 Å². The minimum absolute atomic E-state index is 0.00376. The summed E-state index contributed by atoms with van der Waals surface area (Å²) in [6.07, 6.45) is 2.42. The number of aromatic nitrogens is 4. The van der Waals surface area contributed by atoms with Gasteiger partial charge in [0.25, 0.3) is 11.8 Å². The van der Waals surface area contributed by atoms with Gasteiger partial charge in [0.05, 0.1) is 11.6 Å². The zero-order valence-corrected chi connectivity index (χ0v) is 20.9. The normalized spacial score (nSPS) is 17.5. The predicted molar refractivity (Wildman–Crippen MR) is 134 cm³/mol. The number of benzene rings is 1. The lowest BCUT2D eigenvalue weighted by Gasteiger charge is -2.23. The van der Waals surface area contributed by atoms with Gasteiger partial charge in [-0.15, -0.1) is 21.5 Å². The average molecular weight is 489 g/mol. The van der Waals surface area contributed by atoms with Gasteiger partial charge in [-0.05, 0) is 57.7 Å². The molecule has 0 bridgehead atoms. The van der Waals surface area contributed by atoms with Crippen LogP contribution in [0.1, 0.15) is 64.0 Å². The molecule has 0 spiro atoms. The third-order valence-electron chi connectivity index (χ3n) is 6.18. The van der Waals surface area contributed by atoms with Crippen LogP contribution in [0.2, 0.25) is 0 Å². The number of rotatable bonds is 6. The number of carbonyl (C=O) groups excluding carboxylic acids is 1. The Bertz CT molecular complexity index is 1350. The van der Waals surface area contributed by atoms with E-state index in [-0.39, 0.29) is 17.8 Å². The molecule has 1 aliphatic heterocycles. The lowest BCUT2D eigenvalue weighted by atomic mass is 9.94. The highest BCUT2D eigenvalue weighted by Gasteiger charge is 2.33. The highest BCUT2D eigenvalue weighted by molar-refractivity contribution is 7.09. The maximum Gasteiger partial charge on any atom is 0.266 e. The molecule has 0 aliphatic carbocycles. The Morgan fingerprint density at radius 3 is 2.71 bits per heavy atom. The Balaban J connectivity index is 1.40. The standard InChI is InChI=1S/C26H28N6O2S/c1-16-12-19(24(33)32-11-7-10-21(32)23-29-17(2)15-35-23)13-20(28-16)22-30-31-25(34-22)26(3,27)14-18-8-5-4-6-9-18/h4-6,8-9,12-13,15,21H,7,10-11,14,27H2,1-3H3/t21?,26-/m1/s1. The SMILES string of the molecule is Cc1cc(C(=O)N2CCCC2c2nc(C)cs2)cc(-c2nnc([C@](C)(N)Cc3ccccc3)o2)n1. The molecule has 3 aromatic heterocycles. The van der Waals surface area contributed by atoms with Gasteiger partial charge in [-0.25, -0.2) is 9.97 Å². The van der Waals surface area contributed by atoms with Gasteiger partial charge in [-0.1, -0.05) is 30.3 Å². The quantitative estimate of drug-likeness (QED) is 0.422. The van der Waals surface area contributed by atoms with Crippen LogP contribution in [0.4, 0.5) is 0 Å². The Kier molecular flexibility index (Phi) is 6.21. The third kappa shape index (κ3) is 4.87. The topological polar surface area (TPSA) is 111 Å². The molecule has 1 fully saturated rings. The fourth-order valence-electron chi connectivity index (χ4n) is 4.51. The van der Waals surface area contributed by atoms with E-state index in [0.29, 0.717) is 35.8 Å². The van der Waals surface area contributed by atoms with Crippen molar-refractivity contribution in [2.24, 2.45) is 5.73 Å². The molecule has 9 heteroatoms. The number of hydrogen-bond donors (Lipinski definition) is 1. The summed E-state index contributed by atoms with van der Waals surface area (Å²) in [5.74, 6) is 0.530. The zero-order valence-electron chi connectivity index (χ0n) is 20.1. The van der Waals surface area contributed by atoms with Crippen LogP contribution in [0.25, 0.3) is 11.6 Å². The predicted octanol–water partition coefficient (Wildman–Crippen LogP) is 4.60. The summed E-state index contributed by atoms with van der Waals surface area (Å²) < 4.78 is 5.97. The molecule has 1 unspecified atom stereocenters. The molecule has 0 radical (unpaired) electrons. The Morgan fingerprint density at radius 2 is 1.97 bits per heavy atom. The second kappa shape index (κ2) is 9.31. The van der Waals surface area contributed by atoms with Crippen molar-refractivity contribution in [3.8, 4) is 11.6 Å². The molecule has 8 nitrogen and oxygen atoms in total. The van der Waals surface area contributed by atoms with Gasteiger partial charge in [-0.2, -0.15) is 0 Å². The van der Waals surface area contributed by atoms with Crippen LogP contribution >= 0.6 is 11.3 Å². The number of carbonyl (C=O) groups is 1. The molecule has 5 rings (SSSR count). The van der Waals surface area contributed by atoms with Crippen molar-refractivity contribution in [2.75, 3.05) is 6.54 Å². The number of pyridine rings is 1. The van der Waals surface area contributed by atoms with E-state index in [1.807, 2.05) is 61.4 Å². The third-order valence-corrected chi connectivity index (χ3v) is 7.25. The van der Waals surface area contributed by atoms with Crippen molar-refractivity contribution in [1.82, 2.24) is 25.1 Å². The van der Waals surface area contributed by atoms with Crippen LogP contribution in [0.5, 0.6) is 0 Å². The van der Waals surface area contributed by atoms with Gasteiger partial charge in [0, 0.05) is 28.9 Å². The molecule has 4 heterocycles. The minimum Gasteiger partial charge on any atom is -0.417 e. The van der Waals surface area contributed by atoms with E-state index in [1.54, 1.807) is 23.5 Å². The molecule has 1 aliphatic rings. The molecule has 2 atom stereocenters. The van der Waals surface area contributed by atoms with Crippen LogP contribution in [-0.2, 0) is 12.0 Å². The van der Waals surface area contributed by atoms with Crippen LogP contribution in [0.3, 0.4) is 0 Å². The van der Waals surface area contributed by atoms with Crippen molar-refractivity contribution >= 4 is 17.2 Å². The van der Waals surface area contributed by atoms with Crippen LogP contribution < -0.4 is 5.73 Å². The lowest BCUT2D eigenvalue weighted by molar-refractivity contribution is 0.0735. The number of aryl methyl sites for hydroxylation is 2. The average Bonchev–Trinajstić information content (AvgIpc) is 3.59. The molecule has 1 amide bonds. The Morgan fingerprint density at radius 1 is 1.17 bits per heavy atom. The van der Waals surface area contributed by atoms with Gasteiger partial charge < -0.3 is 15.1 Å². The monoisotopic (exact) mass is 488 g/mol. The second-order valence-corrected chi connectivity index (χ2v) is 10.2. The van der Waals surface area contributed by atoms with Crippen molar-refractivity contribution in [3.05, 3.63) is 81.3 Å². The Labute approximate surface area is 208 Å². The largest absolute Gasteiger partial charge is 0.417 e. The Hall–Kier alpha value is -3.43. The summed E-state index contributed by atoms with van der Waals surface area (Å²) in [5.41, 5.74) is 9.47. The number of hydrogen-bond acceptors (Lipinski definition) is 8. The summed E-state index contributed by atoms with van der Waals surface area (Å²) in [7, 11) is 0. The molecule has 180 valence electrons. The molecule has 35 heavy (non-hydrogen) atoms. The van der Waals surface area contributed by atoms with Gasteiger partial charge >= 0.3 is 0 Å². The fourth-order valence-corrected chi connectivity index (χ4v) is 5.46. The first-order valence-electron chi connectivity index (χ1n) is 11.7. The van der Waals surface area contributed by atoms with E-state index >= 15 is 0 Å². The summed E-state index contributed by atoms with van der Waals surface area (Å²) in [6, 6.07) is 13.5. The molecule has 1 aromatic carbocycles. The number of amides is 1. The minimum atomic E-state index is -0.844. The van der Waals surface area contributed by atoms with Crippen molar-refractivity contribution in [3.63, 3.8) is 0 Å². The summed E-state index contributed by atoms with van der Waals surface area (Å²) >= 11 is 1.61. The molecule has 1 saturated heterocycles. The summed E-state index contributed by atoms with van der Waals surface area (Å²) in [5, 5.41) is 11.4. The van der Waals surface area contributed by atoms with Crippen LogP contribution in [-0.4, -0.2) is 37.5 Å². The number of likely N-dealkylation sites (tertiary alicyclic amines) is 1. The van der Waals surface area contributed by atoms with Crippen LogP contribution in [0.15, 0.2) is 52.3 Å². The lowest BCUT2D eigenvalue weighted by Crippen LogP contribution is -2.35. The van der Waals surface area contributed by atoms with E-state index in [1.165, 1.54) is 0 Å². The number of nitrogens with zero attached hydrogens (tertiary/aromatic N) is 5. The fraction of sp³-hybridized carbons (Fsp3) is 0.346. The molecule has 2 N–H and O–H groups in total. The summed E-state index contributed by atoms with van der Waals surface area (Å²) in [6.45, 7) is 6.40. The van der Waals surface area contributed by atoms with Crippen LogP contribution in [0, 0.1) is 13.8 Å². The highest BCUT2D eigenvalue weighted by Crippen LogP contribution is 2.35. The van der Waals surface area contributed by atoms with E-state index in [0.717, 1.165) is 29.1 Å².